The van der Waals surface area contributed by atoms with Crippen molar-refractivity contribution in [2.24, 2.45) is 5.92 Å². The van der Waals surface area contributed by atoms with Crippen LogP contribution in [-0.4, -0.2) is 53.1 Å². The Balaban J connectivity index is 0.000000509. The van der Waals surface area contributed by atoms with E-state index in [1.807, 2.05) is 42.5 Å². The molecule has 1 aliphatic rings. The minimum Gasteiger partial charge on any atom is -0.492 e. The van der Waals surface area contributed by atoms with Gasteiger partial charge in [-0.1, -0.05) is 78.9 Å². The number of aliphatic hydroxyl groups excluding tert-OH is 1. The van der Waals surface area contributed by atoms with Gasteiger partial charge >= 0.3 is 11.9 Å². The molecule has 4 rings (SSSR count). The number of carboxylic acids is 2. The molecule has 3 aromatic carbocycles. The van der Waals surface area contributed by atoms with E-state index in [0.29, 0.717) is 6.61 Å². The molecule has 0 amide bonds. The van der Waals surface area contributed by atoms with Crippen molar-refractivity contribution in [3.63, 3.8) is 0 Å². The summed E-state index contributed by atoms with van der Waals surface area (Å²) in [6.45, 7) is 2.18. The number of ether oxygens (including phenoxy) is 1. The molecule has 0 spiro atoms. The Morgan fingerprint density at radius 2 is 1.31 bits per heavy atom. The lowest BCUT2D eigenvalue weighted by Crippen LogP contribution is -2.41. The summed E-state index contributed by atoms with van der Waals surface area (Å²) in [4.78, 5) is 18.2. The van der Waals surface area contributed by atoms with Crippen LogP contribution in [0.25, 0.3) is 0 Å². The summed E-state index contributed by atoms with van der Waals surface area (Å²) >= 11 is 0. The van der Waals surface area contributed by atoms with Crippen molar-refractivity contribution in [1.29, 1.82) is 0 Å². The summed E-state index contributed by atoms with van der Waals surface area (Å²) in [5, 5.41) is 29.7. The van der Waals surface area contributed by atoms with Crippen LogP contribution >= 0.6 is 0 Å². The van der Waals surface area contributed by atoms with Crippen molar-refractivity contribution in [1.82, 2.24) is 5.32 Å². The summed E-state index contributed by atoms with van der Waals surface area (Å²) in [5.41, 5.74) is 2.07. The lowest BCUT2D eigenvalue weighted by atomic mass is 9.71. The fourth-order valence-electron chi connectivity index (χ4n) is 4.65. The van der Waals surface area contributed by atoms with Crippen LogP contribution in [0.1, 0.15) is 24.0 Å². The quantitative estimate of drug-likeness (QED) is 0.290. The lowest BCUT2D eigenvalue weighted by Gasteiger charge is -2.36. The highest BCUT2D eigenvalue weighted by Crippen LogP contribution is 2.48. The van der Waals surface area contributed by atoms with Crippen LogP contribution < -0.4 is 10.1 Å². The molecule has 2 atom stereocenters. The molecule has 7 heteroatoms. The first kappa shape index (κ1) is 25.9. The molecule has 0 unspecified atom stereocenters. The van der Waals surface area contributed by atoms with E-state index >= 15 is 0 Å². The van der Waals surface area contributed by atoms with E-state index in [2.05, 4.69) is 53.8 Å². The van der Waals surface area contributed by atoms with Crippen molar-refractivity contribution in [3.8, 4) is 5.75 Å². The average Bonchev–Trinajstić information content (AvgIpc) is 3.22. The van der Waals surface area contributed by atoms with E-state index in [-0.39, 0.29) is 11.3 Å². The minimum atomic E-state index is -1.82. The van der Waals surface area contributed by atoms with Gasteiger partial charge < -0.3 is 25.4 Å². The predicted molar refractivity (Wildman–Crippen MR) is 132 cm³/mol. The number of aliphatic hydroxyl groups is 1. The Kier molecular flexibility index (Phi) is 9.40. The van der Waals surface area contributed by atoms with Crippen LogP contribution in [0.4, 0.5) is 0 Å². The molecule has 3 aromatic rings. The Morgan fingerprint density at radius 3 is 1.80 bits per heavy atom. The molecule has 0 aliphatic heterocycles. The number of carboxylic acid groups (broad SMARTS) is 2. The molecule has 4 N–H and O–H groups in total. The summed E-state index contributed by atoms with van der Waals surface area (Å²) in [6.07, 6.45) is 1.53. The zero-order valence-corrected chi connectivity index (χ0v) is 19.4. The van der Waals surface area contributed by atoms with Gasteiger partial charge in [0.25, 0.3) is 0 Å². The first-order valence-electron chi connectivity index (χ1n) is 11.6. The number of para-hydroxylation sites is 1. The van der Waals surface area contributed by atoms with Gasteiger partial charge in [0.2, 0.25) is 0 Å². The summed E-state index contributed by atoms with van der Waals surface area (Å²) in [5.74, 6) is -2.54. The van der Waals surface area contributed by atoms with Gasteiger partial charge in [-0.15, -0.1) is 0 Å². The predicted octanol–water partition coefficient (Wildman–Crippen LogP) is 3.57. The maximum Gasteiger partial charge on any atom is 0.414 e. The van der Waals surface area contributed by atoms with Gasteiger partial charge in [-0.05, 0) is 42.0 Å². The zero-order valence-electron chi connectivity index (χ0n) is 19.4. The maximum absolute atomic E-state index is 11.5. The molecule has 35 heavy (non-hydrogen) atoms. The van der Waals surface area contributed by atoms with E-state index in [0.717, 1.165) is 31.7 Å². The SMILES string of the molecule is O=C(O)C(=O)O.O[C@@H]1[C@H](CNCCOc2ccccc2)CCC1(c1ccccc1)c1ccccc1. The standard InChI is InChI=1S/C26H29NO2.C2H2O4/c28-25-21(20-27-18-19-29-24-14-8-3-9-15-24)16-17-26(25,22-10-4-1-5-11-22)23-12-6-2-7-13-23;3-1(4)2(5)6/h1-15,21,25,27-28H,16-20H2;(H,3,4)(H,5,6)/t21-,25+;/m0./s1. The van der Waals surface area contributed by atoms with Crippen LogP contribution in [0, 0.1) is 5.92 Å². The monoisotopic (exact) mass is 477 g/mol. The van der Waals surface area contributed by atoms with Gasteiger partial charge in [0.05, 0.1) is 6.10 Å². The topological polar surface area (TPSA) is 116 Å². The highest BCUT2D eigenvalue weighted by atomic mass is 16.5. The molecular formula is C28H31NO6. The molecule has 0 aromatic heterocycles. The number of rotatable bonds is 8. The Labute approximate surface area is 205 Å². The van der Waals surface area contributed by atoms with Gasteiger partial charge in [-0.2, -0.15) is 0 Å². The third-order valence-corrected chi connectivity index (χ3v) is 6.32. The number of benzene rings is 3. The first-order valence-corrected chi connectivity index (χ1v) is 11.6. The maximum atomic E-state index is 11.5. The van der Waals surface area contributed by atoms with Crippen molar-refractivity contribution < 1.29 is 29.6 Å². The second kappa shape index (κ2) is 12.7. The van der Waals surface area contributed by atoms with Crippen LogP contribution in [0.15, 0.2) is 91.0 Å². The molecule has 7 nitrogen and oxygen atoms in total. The summed E-state index contributed by atoms with van der Waals surface area (Å²) < 4.78 is 5.75. The van der Waals surface area contributed by atoms with E-state index in [1.54, 1.807) is 0 Å². The first-order chi connectivity index (χ1) is 16.9. The molecule has 1 saturated carbocycles. The molecule has 0 heterocycles. The van der Waals surface area contributed by atoms with Crippen molar-refractivity contribution in [2.45, 2.75) is 24.4 Å². The van der Waals surface area contributed by atoms with Crippen molar-refractivity contribution >= 4 is 11.9 Å². The minimum absolute atomic E-state index is 0.215. The number of hydrogen-bond acceptors (Lipinski definition) is 5. The molecule has 0 radical (unpaired) electrons. The van der Waals surface area contributed by atoms with Crippen LogP contribution in [0.5, 0.6) is 5.75 Å². The smallest absolute Gasteiger partial charge is 0.414 e. The zero-order chi connectivity index (χ0) is 25.1. The Morgan fingerprint density at radius 1 is 0.829 bits per heavy atom. The summed E-state index contributed by atoms with van der Waals surface area (Å²) in [6, 6.07) is 30.8. The second-order valence-corrected chi connectivity index (χ2v) is 8.42. The van der Waals surface area contributed by atoms with Gasteiger partial charge in [0, 0.05) is 18.5 Å². The fraction of sp³-hybridized carbons (Fsp3) is 0.286. The third-order valence-electron chi connectivity index (χ3n) is 6.32. The Hall–Kier alpha value is -3.68. The lowest BCUT2D eigenvalue weighted by molar-refractivity contribution is -0.159. The van der Waals surface area contributed by atoms with Crippen LogP contribution in [0.3, 0.4) is 0 Å². The molecular weight excluding hydrogens is 446 g/mol. The van der Waals surface area contributed by atoms with E-state index in [4.69, 9.17) is 24.5 Å². The molecule has 1 fully saturated rings. The van der Waals surface area contributed by atoms with E-state index in [1.165, 1.54) is 11.1 Å². The number of hydrogen-bond donors (Lipinski definition) is 4. The van der Waals surface area contributed by atoms with Gasteiger partial charge in [0.1, 0.15) is 12.4 Å². The van der Waals surface area contributed by atoms with Gasteiger partial charge in [-0.25, -0.2) is 9.59 Å². The van der Waals surface area contributed by atoms with Gasteiger partial charge in [0.15, 0.2) is 0 Å². The molecule has 184 valence electrons. The highest BCUT2D eigenvalue weighted by molar-refractivity contribution is 6.27. The number of carbonyl (C=O) groups is 2. The summed E-state index contributed by atoms with van der Waals surface area (Å²) in [7, 11) is 0. The third kappa shape index (κ3) is 6.68. The van der Waals surface area contributed by atoms with Gasteiger partial charge in [-0.3, -0.25) is 0 Å². The number of aliphatic carboxylic acids is 2. The molecule has 0 saturated heterocycles. The van der Waals surface area contributed by atoms with Crippen molar-refractivity contribution in [3.05, 3.63) is 102 Å². The molecule has 1 aliphatic carbocycles. The largest absolute Gasteiger partial charge is 0.492 e. The van der Waals surface area contributed by atoms with E-state index < -0.39 is 18.0 Å². The van der Waals surface area contributed by atoms with Crippen molar-refractivity contribution in [2.75, 3.05) is 19.7 Å². The van der Waals surface area contributed by atoms with Crippen LogP contribution in [-0.2, 0) is 15.0 Å². The second-order valence-electron chi connectivity index (χ2n) is 8.42. The average molecular weight is 478 g/mol. The van der Waals surface area contributed by atoms with Crippen LogP contribution in [0.2, 0.25) is 0 Å². The highest BCUT2D eigenvalue weighted by Gasteiger charge is 2.49. The number of nitrogens with one attached hydrogen (secondary N) is 1. The normalized spacial score (nSPS) is 18.2. The van der Waals surface area contributed by atoms with E-state index in [9.17, 15) is 5.11 Å². The fourth-order valence-corrected chi connectivity index (χ4v) is 4.65. The Bertz CT molecular complexity index is 1010. The molecule has 0 bridgehead atoms.